The molecule has 0 unspecified atom stereocenters. The summed E-state index contributed by atoms with van der Waals surface area (Å²) in [6.07, 6.45) is 1.04. The molecule has 126 valence electrons. The molecule has 0 aliphatic heterocycles. The average molecular weight is 347 g/mol. The Morgan fingerprint density at radius 1 is 1.04 bits per heavy atom. The van der Waals surface area contributed by atoms with Crippen LogP contribution in [0.2, 0.25) is 0 Å². The quantitative estimate of drug-likeness (QED) is 0.818. The third-order valence-electron chi connectivity index (χ3n) is 3.18. The lowest BCUT2D eigenvalue weighted by molar-refractivity contribution is -0.114. The van der Waals surface area contributed by atoms with Crippen LogP contribution in [0.25, 0.3) is 0 Å². The van der Waals surface area contributed by atoms with Gasteiger partial charge in [0.1, 0.15) is 6.54 Å². The van der Waals surface area contributed by atoms with Crippen molar-refractivity contribution in [2.24, 2.45) is 5.73 Å². The number of hydrogen-bond donors (Lipinski definition) is 2. The maximum atomic E-state index is 12.2. The highest BCUT2D eigenvalue weighted by atomic mass is 32.2. The summed E-state index contributed by atoms with van der Waals surface area (Å²) in [7, 11) is -3.61. The first-order valence-electron chi connectivity index (χ1n) is 7.00. The number of carbonyl (C=O) groups is 2. The van der Waals surface area contributed by atoms with E-state index in [9.17, 15) is 18.0 Å². The second-order valence-corrected chi connectivity index (χ2v) is 7.00. The minimum Gasteiger partial charge on any atom is -0.366 e. The Bertz CT molecular complexity index is 833. The number of nitrogens with zero attached hydrogens (tertiary/aromatic N) is 1. The molecular weight excluding hydrogens is 330 g/mol. The van der Waals surface area contributed by atoms with Crippen molar-refractivity contribution in [1.82, 2.24) is 0 Å². The zero-order chi connectivity index (χ0) is 17.7. The Morgan fingerprint density at radius 3 is 2.12 bits per heavy atom. The summed E-state index contributed by atoms with van der Waals surface area (Å²) >= 11 is 0. The molecule has 0 spiro atoms. The molecule has 0 aromatic heterocycles. The van der Waals surface area contributed by atoms with Crippen molar-refractivity contribution in [2.75, 3.05) is 22.4 Å². The predicted molar refractivity (Wildman–Crippen MR) is 92.2 cm³/mol. The number of sulfonamides is 1. The second kappa shape index (κ2) is 7.14. The molecule has 8 heteroatoms. The number of rotatable bonds is 6. The van der Waals surface area contributed by atoms with Crippen LogP contribution in [0.3, 0.4) is 0 Å². The van der Waals surface area contributed by atoms with Gasteiger partial charge in [0.05, 0.1) is 11.9 Å². The van der Waals surface area contributed by atoms with Crippen LogP contribution in [-0.2, 0) is 14.8 Å². The topological polar surface area (TPSA) is 110 Å². The van der Waals surface area contributed by atoms with Crippen LogP contribution in [-0.4, -0.2) is 33.0 Å². The van der Waals surface area contributed by atoms with E-state index >= 15 is 0 Å². The summed E-state index contributed by atoms with van der Waals surface area (Å²) in [6.45, 7) is -0.361. The number of benzene rings is 2. The highest BCUT2D eigenvalue weighted by Crippen LogP contribution is 2.17. The van der Waals surface area contributed by atoms with E-state index in [1.807, 2.05) is 0 Å². The minimum atomic E-state index is -3.61. The van der Waals surface area contributed by atoms with Gasteiger partial charge in [-0.25, -0.2) is 8.42 Å². The summed E-state index contributed by atoms with van der Waals surface area (Å²) in [5.41, 5.74) is 6.30. The summed E-state index contributed by atoms with van der Waals surface area (Å²) in [5.74, 6) is -1.07. The van der Waals surface area contributed by atoms with Crippen LogP contribution in [0.15, 0.2) is 54.6 Å². The van der Waals surface area contributed by atoms with Gasteiger partial charge in [0.15, 0.2) is 0 Å². The highest BCUT2D eigenvalue weighted by molar-refractivity contribution is 7.92. The number of amides is 2. The van der Waals surface area contributed by atoms with E-state index in [-0.39, 0.29) is 6.54 Å². The zero-order valence-electron chi connectivity index (χ0n) is 13.0. The van der Waals surface area contributed by atoms with Crippen LogP contribution in [0.4, 0.5) is 11.4 Å². The van der Waals surface area contributed by atoms with Gasteiger partial charge in [0, 0.05) is 11.3 Å². The van der Waals surface area contributed by atoms with E-state index in [4.69, 9.17) is 5.73 Å². The molecule has 0 saturated heterocycles. The van der Waals surface area contributed by atoms with Crippen molar-refractivity contribution in [3.8, 4) is 0 Å². The molecule has 2 rings (SSSR count). The Labute approximate surface area is 140 Å². The van der Waals surface area contributed by atoms with Gasteiger partial charge in [-0.15, -0.1) is 0 Å². The molecule has 2 amide bonds. The summed E-state index contributed by atoms with van der Waals surface area (Å²) in [6, 6.07) is 14.3. The van der Waals surface area contributed by atoms with Gasteiger partial charge in [-0.3, -0.25) is 13.9 Å². The highest BCUT2D eigenvalue weighted by Gasteiger charge is 2.20. The van der Waals surface area contributed by atoms with Gasteiger partial charge in [-0.05, 0) is 36.4 Å². The largest absolute Gasteiger partial charge is 0.366 e. The van der Waals surface area contributed by atoms with Crippen molar-refractivity contribution >= 4 is 33.2 Å². The van der Waals surface area contributed by atoms with E-state index in [1.165, 1.54) is 24.3 Å². The normalized spacial score (nSPS) is 10.9. The zero-order valence-corrected chi connectivity index (χ0v) is 13.8. The molecule has 24 heavy (non-hydrogen) atoms. The molecular formula is C16H17N3O4S. The number of nitrogens with two attached hydrogens (primary N) is 1. The summed E-state index contributed by atoms with van der Waals surface area (Å²) in [4.78, 5) is 23.2. The Balaban J connectivity index is 2.12. The van der Waals surface area contributed by atoms with Crippen molar-refractivity contribution in [3.05, 3.63) is 60.2 Å². The lowest BCUT2D eigenvalue weighted by Gasteiger charge is -2.21. The van der Waals surface area contributed by atoms with Gasteiger partial charge in [0.25, 0.3) is 0 Å². The first-order valence-corrected chi connectivity index (χ1v) is 8.84. The molecule has 0 aliphatic rings. The van der Waals surface area contributed by atoms with Gasteiger partial charge < -0.3 is 11.1 Å². The van der Waals surface area contributed by atoms with E-state index < -0.39 is 21.8 Å². The maximum absolute atomic E-state index is 12.2. The van der Waals surface area contributed by atoms with Crippen molar-refractivity contribution in [2.45, 2.75) is 0 Å². The number of anilines is 2. The molecule has 0 heterocycles. The average Bonchev–Trinajstić information content (AvgIpc) is 2.53. The third-order valence-corrected chi connectivity index (χ3v) is 4.33. The van der Waals surface area contributed by atoms with E-state index in [2.05, 4.69) is 5.32 Å². The van der Waals surface area contributed by atoms with Gasteiger partial charge in [-0.1, -0.05) is 18.2 Å². The second-order valence-electron chi connectivity index (χ2n) is 5.09. The van der Waals surface area contributed by atoms with E-state index in [0.29, 0.717) is 16.9 Å². The molecule has 0 atom stereocenters. The standard InChI is InChI=1S/C16H17N3O4S/c1-24(22,23)19(14-5-3-2-4-6-14)11-15(20)18-13-9-7-12(8-10-13)16(17)21/h2-10H,11H2,1H3,(H2,17,21)(H,18,20). The fraction of sp³-hybridized carbons (Fsp3) is 0.125. The molecule has 0 fully saturated rings. The van der Waals surface area contributed by atoms with Crippen LogP contribution < -0.4 is 15.4 Å². The molecule has 2 aromatic carbocycles. The Kier molecular flexibility index (Phi) is 5.20. The SMILES string of the molecule is CS(=O)(=O)N(CC(=O)Nc1ccc(C(N)=O)cc1)c1ccccc1. The lowest BCUT2D eigenvalue weighted by Crippen LogP contribution is -2.37. The van der Waals surface area contributed by atoms with E-state index in [0.717, 1.165) is 10.6 Å². The van der Waals surface area contributed by atoms with Crippen LogP contribution in [0.5, 0.6) is 0 Å². The number of primary amides is 1. The van der Waals surface area contributed by atoms with Crippen LogP contribution in [0, 0.1) is 0 Å². The fourth-order valence-corrected chi connectivity index (χ4v) is 2.90. The van der Waals surface area contributed by atoms with Gasteiger partial charge >= 0.3 is 0 Å². The van der Waals surface area contributed by atoms with Gasteiger partial charge in [0.2, 0.25) is 21.8 Å². The molecule has 0 bridgehead atoms. The van der Waals surface area contributed by atoms with Gasteiger partial charge in [-0.2, -0.15) is 0 Å². The van der Waals surface area contributed by atoms with Crippen LogP contribution in [0.1, 0.15) is 10.4 Å². The molecule has 2 aromatic rings. The van der Waals surface area contributed by atoms with Crippen molar-refractivity contribution in [1.29, 1.82) is 0 Å². The molecule has 0 aliphatic carbocycles. The lowest BCUT2D eigenvalue weighted by atomic mass is 10.2. The Morgan fingerprint density at radius 2 is 1.62 bits per heavy atom. The molecule has 3 N–H and O–H groups in total. The third kappa shape index (κ3) is 4.56. The Hall–Kier alpha value is -2.87. The fourth-order valence-electron chi connectivity index (χ4n) is 2.04. The number of hydrogen-bond acceptors (Lipinski definition) is 4. The predicted octanol–water partition coefficient (Wildman–Crippen LogP) is 1.19. The van der Waals surface area contributed by atoms with Crippen molar-refractivity contribution in [3.63, 3.8) is 0 Å². The summed E-state index contributed by atoms with van der Waals surface area (Å²) < 4.78 is 24.9. The first kappa shape index (κ1) is 17.5. The monoisotopic (exact) mass is 347 g/mol. The van der Waals surface area contributed by atoms with E-state index in [1.54, 1.807) is 30.3 Å². The molecule has 7 nitrogen and oxygen atoms in total. The first-order chi connectivity index (χ1) is 11.3. The number of nitrogens with one attached hydrogen (secondary N) is 1. The van der Waals surface area contributed by atoms with Crippen molar-refractivity contribution < 1.29 is 18.0 Å². The number of para-hydroxylation sites is 1. The molecule has 0 saturated carbocycles. The number of carbonyl (C=O) groups excluding carboxylic acids is 2. The minimum absolute atomic E-state index is 0.315. The maximum Gasteiger partial charge on any atom is 0.248 e. The molecule has 0 radical (unpaired) electrons. The summed E-state index contributed by atoms with van der Waals surface area (Å²) in [5, 5.41) is 2.58. The smallest absolute Gasteiger partial charge is 0.248 e. The van der Waals surface area contributed by atoms with Crippen LogP contribution >= 0.6 is 0 Å².